The van der Waals surface area contributed by atoms with Crippen LogP contribution in [0.15, 0.2) is 18.2 Å². The predicted octanol–water partition coefficient (Wildman–Crippen LogP) is 3.41. The summed E-state index contributed by atoms with van der Waals surface area (Å²) < 4.78 is 5.83. The summed E-state index contributed by atoms with van der Waals surface area (Å²) in [6.07, 6.45) is 0.464. The van der Waals surface area contributed by atoms with Gasteiger partial charge < -0.3 is 10.1 Å². The number of carbonyl (C=O) groups is 1. The van der Waals surface area contributed by atoms with Gasteiger partial charge in [0.1, 0.15) is 5.75 Å². The third-order valence-corrected chi connectivity index (χ3v) is 3.01. The van der Waals surface area contributed by atoms with Crippen molar-refractivity contribution in [2.24, 2.45) is 0 Å². The number of nitrogens with one attached hydrogen (secondary N) is 1. The number of aryl methyl sites for hydroxylation is 1. The van der Waals surface area contributed by atoms with Crippen LogP contribution in [0, 0.1) is 6.92 Å². The normalized spacial score (nSPS) is 12.3. The van der Waals surface area contributed by atoms with E-state index >= 15 is 0 Å². The molecule has 0 fully saturated rings. The molecule has 1 aromatic rings. The Labute approximate surface area is 116 Å². The summed E-state index contributed by atoms with van der Waals surface area (Å²) in [5.74, 6) is 1.13. The van der Waals surface area contributed by atoms with E-state index in [-0.39, 0.29) is 5.91 Å². The van der Waals surface area contributed by atoms with Crippen LogP contribution < -0.4 is 10.1 Å². The minimum atomic E-state index is -0.467. The van der Waals surface area contributed by atoms with Crippen molar-refractivity contribution in [2.75, 3.05) is 6.54 Å². The third-order valence-electron chi connectivity index (χ3n) is 3.01. The maximum Gasteiger partial charge on any atom is 0.260 e. The van der Waals surface area contributed by atoms with Crippen LogP contribution in [-0.4, -0.2) is 18.6 Å². The van der Waals surface area contributed by atoms with E-state index in [4.69, 9.17) is 4.74 Å². The van der Waals surface area contributed by atoms with Gasteiger partial charge in [-0.3, -0.25) is 4.79 Å². The van der Waals surface area contributed by atoms with Crippen LogP contribution in [0.2, 0.25) is 0 Å². The molecule has 0 bridgehead atoms. The monoisotopic (exact) mass is 263 g/mol. The van der Waals surface area contributed by atoms with E-state index in [0.29, 0.717) is 12.5 Å². The zero-order chi connectivity index (χ0) is 14.4. The highest BCUT2D eigenvalue weighted by Gasteiger charge is 2.16. The fraction of sp³-hybridized carbons (Fsp3) is 0.562. The summed E-state index contributed by atoms with van der Waals surface area (Å²) in [4.78, 5) is 11.8. The fourth-order valence-corrected chi connectivity index (χ4v) is 1.86. The van der Waals surface area contributed by atoms with Gasteiger partial charge in [0.15, 0.2) is 6.10 Å². The molecular weight excluding hydrogens is 238 g/mol. The first kappa shape index (κ1) is 15.5. The standard InChI is InChI=1S/C16H25NO2/c1-6-9-17-16(18)13(5)19-15-10-12(4)7-8-14(15)11(2)3/h7-8,10-11,13H,6,9H2,1-5H3,(H,17,18)/t13-/m1/s1. The van der Waals surface area contributed by atoms with Crippen LogP contribution in [-0.2, 0) is 4.79 Å². The first-order valence-corrected chi connectivity index (χ1v) is 7.00. The number of hydrogen-bond donors (Lipinski definition) is 1. The zero-order valence-electron chi connectivity index (χ0n) is 12.6. The van der Waals surface area contributed by atoms with Crippen LogP contribution in [0.5, 0.6) is 5.75 Å². The van der Waals surface area contributed by atoms with Gasteiger partial charge in [-0.25, -0.2) is 0 Å². The second-order valence-corrected chi connectivity index (χ2v) is 5.25. The summed E-state index contributed by atoms with van der Waals surface area (Å²) in [6, 6.07) is 6.15. The molecule has 0 aliphatic carbocycles. The van der Waals surface area contributed by atoms with Crippen molar-refractivity contribution < 1.29 is 9.53 Å². The van der Waals surface area contributed by atoms with E-state index in [2.05, 4.69) is 31.3 Å². The highest BCUT2D eigenvalue weighted by Crippen LogP contribution is 2.28. The SMILES string of the molecule is CCCNC(=O)[C@@H](C)Oc1cc(C)ccc1C(C)C. The van der Waals surface area contributed by atoms with Crippen LogP contribution in [0.1, 0.15) is 51.2 Å². The number of rotatable bonds is 6. The highest BCUT2D eigenvalue weighted by molar-refractivity contribution is 5.80. The van der Waals surface area contributed by atoms with Crippen LogP contribution in [0.4, 0.5) is 0 Å². The van der Waals surface area contributed by atoms with Gasteiger partial charge in [0, 0.05) is 6.54 Å². The minimum Gasteiger partial charge on any atom is -0.481 e. The van der Waals surface area contributed by atoms with Crippen LogP contribution in [0.25, 0.3) is 0 Å². The summed E-state index contributed by atoms with van der Waals surface area (Å²) in [7, 11) is 0. The van der Waals surface area contributed by atoms with Crippen molar-refractivity contribution >= 4 is 5.91 Å². The average molecular weight is 263 g/mol. The molecule has 0 aliphatic rings. The van der Waals surface area contributed by atoms with Gasteiger partial charge in [0.05, 0.1) is 0 Å². The van der Waals surface area contributed by atoms with E-state index in [9.17, 15) is 4.79 Å². The van der Waals surface area contributed by atoms with E-state index in [1.54, 1.807) is 6.92 Å². The molecule has 1 atom stereocenters. The number of hydrogen-bond acceptors (Lipinski definition) is 2. The Morgan fingerprint density at radius 3 is 2.58 bits per heavy atom. The van der Waals surface area contributed by atoms with Gasteiger partial charge in [0.2, 0.25) is 0 Å². The maximum atomic E-state index is 11.8. The van der Waals surface area contributed by atoms with Gasteiger partial charge in [-0.1, -0.05) is 32.9 Å². The van der Waals surface area contributed by atoms with Gasteiger partial charge in [-0.05, 0) is 43.4 Å². The Morgan fingerprint density at radius 2 is 2.00 bits per heavy atom. The first-order valence-electron chi connectivity index (χ1n) is 7.00. The number of carbonyl (C=O) groups excluding carboxylic acids is 1. The van der Waals surface area contributed by atoms with Crippen molar-refractivity contribution in [3.8, 4) is 5.75 Å². The van der Waals surface area contributed by atoms with Gasteiger partial charge in [-0.15, -0.1) is 0 Å². The Balaban J connectivity index is 2.80. The molecule has 1 rings (SSSR count). The number of ether oxygens (including phenoxy) is 1. The Morgan fingerprint density at radius 1 is 1.32 bits per heavy atom. The molecule has 19 heavy (non-hydrogen) atoms. The summed E-state index contributed by atoms with van der Waals surface area (Å²) >= 11 is 0. The average Bonchev–Trinajstić information content (AvgIpc) is 2.35. The molecule has 3 nitrogen and oxygen atoms in total. The lowest BCUT2D eigenvalue weighted by Gasteiger charge is -2.19. The third kappa shape index (κ3) is 4.58. The quantitative estimate of drug-likeness (QED) is 0.854. The molecule has 106 valence electrons. The second kappa shape index (κ2) is 7.17. The Hall–Kier alpha value is -1.51. The molecule has 0 aliphatic heterocycles. The van der Waals surface area contributed by atoms with Crippen molar-refractivity contribution in [3.63, 3.8) is 0 Å². The molecule has 0 saturated carbocycles. The maximum absolute atomic E-state index is 11.8. The molecule has 0 radical (unpaired) electrons. The highest BCUT2D eigenvalue weighted by atomic mass is 16.5. The van der Waals surface area contributed by atoms with E-state index in [0.717, 1.165) is 23.3 Å². The van der Waals surface area contributed by atoms with Crippen molar-refractivity contribution in [1.29, 1.82) is 0 Å². The van der Waals surface area contributed by atoms with Crippen molar-refractivity contribution in [3.05, 3.63) is 29.3 Å². The largest absolute Gasteiger partial charge is 0.481 e. The lowest BCUT2D eigenvalue weighted by molar-refractivity contribution is -0.127. The molecule has 0 unspecified atom stereocenters. The molecule has 0 heterocycles. The summed E-state index contributed by atoms with van der Waals surface area (Å²) in [5, 5.41) is 2.85. The molecule has 1 amide bonds. The Kier molecular flexibility index (Phi) is 5.87. The number of benzene rings is 1. The fourth-order valence-electron chi connectivity index (χ4n) is 1.86. The van der Waals surface area contributed by atoms with Gasteiger partial charge in [-0.2, -0.15) is 0 Å². The summed E-state index contributed by atoms with van der Waals surface area (Å²) in [5.41, 5.74) is 2.28. The van der Waals surface area contributed by atoms with Crippen molar-refractivity contribution in [1.82, 2.24) is 5.32 Å². The van der Waals surface area contributed by atoms with Crippen LogP contribution >= 0.6 is 0 Å². The zero-order valence-corrected chi connectivity index (χ0v) is 12.6. The van der Waals surface area contributed by atoms with Crippen LogP contribution in [0.3, 0.4) is 0 Å². The molecule has 1 aromatic carbocycles. The van der Waals surface area contributed by atoms with Crippen molar-refractivity contribution in [2.45, 2.75) is 53.1 Å². The molecule has 1 N–H and O–H groups in total. The second-order valence-electron chi connectivity index (χ2n) is 5.25. The van der Waals surface area contributed by atoms with Gasteiger partial charge >= 0.3 is 0 Å². The predicted molar refractivity (Wildman–Crippen MR) is 78.7 cm³/mol. The van der Waals surface area contributed by atoms with Gasteiger partial charge in [0.25, 0.3) is 5.91 Å². The Bertz CT molecular complexity index is 427. The summed E-state index contributed by atoms with van der Waals surface area (Å²) in [6.45, 7) is 10.8. The lowest BCUT2D eigenvalue weighted by Crippen LogP contribution is -2.36. The lowest BCUT2D eigenvalue weighted by atomic mass is 10.0. The van der Waals surface area contributed by atoms with E-state index in [1.807, 2.05) is 19.9 Å². The molecule has 3 heteroatoms. The smallest absolute Gasteiger partial charge is 0.260 e. The number of amides is 1. The minimum absolute atomic E-state index is 0.0573. The van der Waals surface area contributed by atoms with E-state index in [1.165, 1.54) is 0 Å². The molecular formula is C16H25NO2. The molecule has 0 aromatic heterocycles. The molecule has 0 spiro atoms. The molecule has 0 saturated heterocycles. The topological polar surface area (TPSA) is 38.3 Å². The van der Waals surface area contributed by atoms with E-state index < -0.39 is 6.10 Å². The first-order chi connectivity index (χ1) is 8.95.